The summed E-state index contributed by atoms with van der Waals surface area (Å²) in [7, 11) is 0. The Labute approximate surface area is 299 Å². The van der Waals surface area contributed by atoms with Crippen LogP contribution in [0.15, 0.2) is 0 Å². The molecule has 138 valence electrons. The van der Waals surface area contributed by atoms with Gasteiger partial charge in [-0.05, 0) is 23.5 Å². The smallest absolute Gasteiger partial charge is 0.132 e. The molecule has 1 saturated heterocycles. The third kappa shape index (κ3) is 12.7. The minimum Gasteiger partial charge on any atom is -0.394 e. The van der Waals surface area contributed by atoms with Crippen molar-refractivity contribution in [1.29, 1.82) is 0 Å². The van der Waals surface area contributed by atoms with Crippen LogP contribution < -0.4 is 0 Å². The van der Waals surface area contributed by atoms with Gasteiger partial charge in [-0.3, -0.25) is 0 Å². The van der Waals surface area contributed by atoms with Crippen molar-refractivity contribution in [3.63, 3.8) is 0 Å². The summed E-state index contributed by atoms with van der Waals surface area (Å²) in [5.41, 5.74) is -0.618. The van der Waals surface area contributed by atoms with Crippen LogP contribution in [0.4, 0.5) is 0 Å². The SMILES string of the molecule is CC[C@@H](C)[C@@H](C)[C@@H](C)CS[C@@H]1OC(CO)[C@H](O)C(O)C1O.[Ac].[Ac].[Ac].[Ac]. The van der Waals surface area contributed by atoms with Gasteiger partial charge in [0, 0.05) is 176 Å². The van der Waals surface area contributed by atoms with Crippen LogP contribution in [0.25, 0.3) is 0 Å². The van der Waals surface area contributed by atoms with Crippen molar-refractivity contribution in [1.82, 2.24) is 0 Å². The summed E-state index contributed by atoms with van der Waals surface area (Å²) in [6, 6.07) is 0. The van der Waals surface area contributed by atoms with E-state index in [0.29, 0.717) is 17.8 Å². The van der Waals surface area contributed by atoms with Crippen molar-refractivity contribution in [3.8, 4) is 0 Å². The van der Waals surface area contributed by atoms with Crippen molar-refractivity contribution in [2.45, 2.75) is 64.0 Å². The van der Waals surface area contributed by atoms with E-state index in [-0.39, 0.29) is 183 Å². The van der Waals surface area contributed by atoms with Crippen molar-refractivity contribution in [2.75, 3.05) is 12.4 Å². The Kier molecular flexibility index (Phi) is 31.3. The number of aliphatic hydroxyl groups excluding tert-OH is 4. The van der Waals surface area contributed by atoms with E-state index >= 15 is 0 Å². The second-order valence-electron chi connectivity index (χ2n) is 6.25. The van der Waals surface area contributed by atoms with Crippen molar-refractivity contribution >= 4 is 11.8 Å². The fourth-order valence-electron chi connectivity index (χ4n) is 2.54. The molecular formula is C15H30Ac4O5S. The van der Waals surface area contributed by atoms with E-state index in [4.69, 9.17) is 9.84 Å². The zero-order valence-electron chi connectivity index (χ0n) is 15.7. The van der Waals surface area contributed by atoms with E-state index in [1.807, 2.05) is 0 Å². The second kappa shape index (κ2) is 20.5. The maximum Gasteiger partial charge on any atom is 0.132 e. The number of hydrogen-bond donors (Lipinski definition) is 4. The average molecular weight is 1230 g/mol. The Hall–Kier alpha value is 5.92. The van der Waals surface area contributed by atoms with Crippen LogP contribution in [0.5, 0.6) is 0 Å². The fourth-order valence-corrected chi connectivity index (χ4v) is 3.91. The molecule has 10 heteroatoms. The van der Waals surface area contributed by atoms with Crippen molar-refractivity contribution < 1.29 is 201 Å². The third-order valence-electron chi connectivity index (χ3n) is 4.81. The monoisotopic (exact) mass is 1230 g/mol. The van der Waals surface area contributed by atoms with E-state index in [1.54, 1.807) is 0 Å². The molecule has 0 aromatic rings. The van der Waals surface area contributed by atoms with Crippen LogP contribution in [0.3, 0.4) is 0 Å². The molecule has 4 N–H and O–H groups in total. The maximum atomic E-state index is 9.99. The van der Waals surface area contributed by atoms with E-state index < -0.39 is 29.9 Å². The van der Waals surface area contributed by atoms with E-state index in [9.17, 15) is 15.3 Å². The molecule has 5 nitrogen and oxygen atoms in total. The van der Waals surface area contributed by atoms with E-state index in [2.05, 4.69) is 27.7 Å². The topological polar surface area (TPSA) is 90.2 Å². The van der Waals surface area contributed by atoms with Crippen LogP contribution >= 0.6 is 11.8 Å². The van der Waals surface area contributed by atoms with Gasteiger partial charge in [0.2, 0.25) is 0 Å². The van der Waals surface area contributed by atoms with Gasteiger partial charge in [-0.15, -0.1) is 11.8 Å². The van der Waals surface area contributed by atoms with E-state index in [0.717, 1.165) is 12.2 Å². The van der Waals surface area contributed by atoms with Gasteiger partial charge in [0.1, 0.15) is 29.9 Å². The zero-order valence-corrected chi connectivity index (χ0v) is 35.5. The molecule has 1 fully saturated rings. The number of rotatable bonds is 7. The van der Waals surface area contributed by atoms with Crippen LogP contribution in [-0.4, -0.2) is 62.6 Å². The fraction of sp³-hybridized carbons (Fsp3) is 1.00. The maximum absolute atomic E-state index is 9.99. The van der Waals surface area contributed by atoms with Gasteiger partial charge in [0.05, 0.1) is 6.61 Å². The number of ether oxygens (including phenoxy) is 1. The molecule has 8 atom stereocenters. The number of hydrogen-bond acceptors (Lipinski definition) is 6. The normalized spacial score (nSPS) is 31.9. The quantitative estimate of drug-likeness (QED) is 0.303. The first-order chi connectivity index (χ1) is 9.83. The third-order valence-corrected chi connectivity index (χ3v) is 6.25. The molecule has 4 radical (unpaired) electrons. The molecule has 1 aliphatic heterocycles. The van der Waals surface area contributed by atoms with Gasteiger partial charge in [-0.1, -0.05) is 34.1 Å². The van der Waals surface area contributed by atoms with Gasteiger partial charge >= 0.3 is 0 Å². The molecule has 0 saturated carbocycles. The average Bonchev–Trinajstić information content (AvgIpc) is 2.50. The molecule has 0 spiro atoms. The Morgan fingerprint density at radius 2 is 1.40 bits per heavy atom. The van der Waals surface area contributed by atoms with Crippen LogP contribution in [0, 0.1) is 194 Å². The summed E-state index contributed by atoms with van der Waals surface area (Å²) in [6.45, 7) is 8.44. The van der Waals surface area contributed by atoms with Gasteiger partial charge in [-0.25, -0.2) is 0 Å². The molecule has 0 aromatic carbocycles. The molecule has 1 heterocycles. The molecule has 0 aromatic heterocycles. The Bertz CT molecular complexity index is 318. The molecule has 0 bridgehead atoms. The first kappa shape index (κ1) is 38.2. The second-order valence-corrected chi connectivity index (χ2v) is 7.38. The Morgan fingerprint density at radius 3 is 1.84 bits per heavy atom. The van der Waals surface area contributed by atoms with Gasteiger partial charge in [-0.2, -0.15) is 0 Å². The molecule has 1 rings (SSSR count). The van der Waals surface area contributed by atoms with Crippen LogP contribution in [0.2, 0.25) is 0 Å². The molecule has 3 unspecified atom stereocenters. The molecule has 0 amide bonds. The predicted octanol–water partition coefficient (Wildman–Crippen LogP) is 0.838. The largest absolute Gasteiger partial charge is 0.394 e. The first-order valence-electron chi connectivity index (χ1n) is 7.75. The van der Waals surface area contributed by atoms with Crippen LogP contribution in [-0.2, 0) is 4.74 Å². The summed E-state index contributed by atoms with van der Waals surface area (Å²) in [5, 5.41) is 38.7. The van der Waals surface area contributed by atoms with Crippen molar-refractivity contribution in [3.05, 3.63) is 0 Å². The predicted molar refractivity (Wildman–Crippen MR) is 84.0 cm³/mol. The van der Waals surface area contributed by atoms with Crippen molar-refractivity contribution in [2.24, 2.45) is 17.8 Å². The number of aliphatic hydroxyl groups is 4. The molecule has 0 aliphatic carbocycles. The number of thioether (sulfide) groups is 1. The van der Waals surface area contributed by atoms with Gasteiger partial charge < -0.3 is 25.2 Å². The molecule has 25 heavy (non-hydrogen) atoms. The zero-order chi connectivity index (χ0) is 16.2. The van der Waals surface area contributed by atoms with Crippen LogP contribution in [0.1, 0.15) is 34.1 Å². The standard InChI is InChI=1S/C15H30O5S.4Ac/c1-5-8(2)10(4)9(3)7-21-15-14(19)13(18)12(17)11(6-16)20-15;;;;/h8-19H,5-7H2,1-4H3;;;;/t8-,9+,10-,11?,12+,13?,14?,15+;;;;/m1..../s1. The van der Waals surface area contributed by atoms with Gasteiger partial charge in [0.15, 0.2) is 0 Å². The summed E-state index contributed by atoms with van der Waals surface area (Å²) in [4.78, 5) is 0. The van der Waals surface area contributed by atoms with E-state index in [1.165, 1.54) is 11.8 Å². The summed E-state index contributed by atoms with van der Waals surface area (Å²) >= 11 is 1.44. The molecule has 1 aliphatic rings. The summed E-state index contributed by atoms with van der Waals surface area (Å²) in [6.07, 6.45) is -3.38. The molecular weight excluding hydrogens is 1200 g/mol. The minimum absolute atomic E-state index is 0. The summed E-state index contributed by atoms with van der Waals surface area (Å²) in [5.74, 6) is 2.45. The summed E-state index contributed by atoms with van der Waals surface area (Å²) < 4.78 is 5.50. The van der Waals surface area contributed by atoms with Gasteiger partial charge in [0.25, 0.3) is 0 Å². The minimum atomic E-state index is -1.28. The first-order valence-corrected chi connectivity index (χ1v) is 8.80. The Balaban J connectivity index is -0.000000551. The Morgan fingerprint density at radius 1 is 0.880 bits per heavy atom.